The molecule has 0 aromatic carbocycles. The van der Waals surface area contributed by atoms with Crippen LogP contribution in [0.2, 0.25) is 0 Å². The molecule has 0 spiro atoms. The Morgan fingerprint density at radius 2 is 2.15 bits per heavy atom. The van der Waals surface area contributed by atoms with E-state index in [-0.39, 0.29) is 0 Å². The summed E-state index contributed by atoms with van der Waals surface area (Å²) < 4.78 is 0. The van der Waals surface area contributed by atoms with Crippen LogP contribution in [0.3, 0.4) is 0 Å². The molecule has 0 atom stereocenters. The monoisotopic (exact) mass is 181 g/mol. The van der Waals surface area contributed by atoms with Gasteiger partial charge in [0.05, 0.1) is 5.71 Å². The Morgan fingerprint density at radius 3 is 2.69 bits per heavy atom. The van der Waals surface area contributed by atoms with Gasteiger partial charge in [-0.15, -0.1) is 6.58 Å². The quantitative estimate of drug-likeness (QED) is 0.245. The molecule has 74 valence electrons. The van der Waals surface area contributed by atoms with Crippen LogP contribution in [-0.4, -0.2) is 18.5 Å². The third-order valence-corrected chi connectivity index (χ3v) is 1.82. The van der Waals surface area contributed by atoms with Gasteiger partial charge in [0.1, 0.15) is 0 Å². The van der Waals surface area contributed by atoms with Crippen molar-refractivity contribution in [2.45, 2.75) is 39.0 Å². The van der Waals surface area contributed by atoms with Gasteiger partial charge in [0.2, 0.25) is 0 Å². The van der Waals surface area contributed by atoms with Crippen molar-refractivity contribution in [3.05, 3.63) is 12.7 Å². The van der Waals surface area contributed by atoms with Gasteiger partial charge in [0.25, 0.3) is 0 Å². The molecule has 0 fully saturated rings. The number of unbranched alkanes of at least 4 members (excludes halogenated alkanes) is 3. The fourth-order valence-corrected chi connectivity index (χ4v) is 1.06. The van der Waals surface area contributed by atoms with Gasteiger partial charge in [-0.2, -0.15) is 0 Å². The van der Waals surface area contributed by atoms with Crippen molar-refractivity contribution < 1.29 is 4.79 Å². The van der Waals surface area contributed by atoms with E-state index in [0.717, 1.165) is 19.3 Å². The molecule has 0 aromatic rings. The third-order valence-electron chi connectivity index (χ3n) is 1.82. The smallest absolute Gasteiger partial charge is 0.164 e. The van der Waals surface area contributed by atoms with Crippen LogP contribution in [0.5, 0.6) is 0 Å². The van der Waals surface area contributed by atoms with Crippen molar-refractivity contribution in [1.82, 2.24) is 0 Å². The lowest BCUT2D eigenvalue weighted by Gasteiger charge is -1.96. The standard InChI is InChI=1S/C11H19NO/c1-3-5-6-7-9-12-11(10-13)8-4-2/h4,10H,2-3,5-9H2,1H3/b12-11+. The zero-order chi connectivity index (χ0) is 9.94. The Hall–Kier alpha value is -0.920. The second-order valence-corrected chi connectivity index (χ2v) is 3.04. The van der Waals surface area contributed by atoms with Crippen LogP contribution >= 0.6 is 0 Å². The van der Waals surface area contributed by atoms with Crippen LogP contribution in [0.15, 0.2) is 17.6 Å². The van der Waals surface area contributed by atoms with Gasteiger partial charge in [-0.1, -0.05) is 32.3 Å². The number of hydrogen-bond donors (Lipinski definition) is 0. The highest BCUT2D eigenvalue weighted by atomic mass is 16.1. The van der Waals surface area contributed by atoms with Crippen molar-refractivity contribution in [3.63, 3.8) is 0 Å². The van der Waals surface area contributed by atoms with Crippen molar-refractivity contribution in [2.24, 2.45) is 4.99 Å². The number of aliphatic imine (C=N–C) groups is 1. The Labute approximate surface area is 80.8 Å². The number of rotatable bonds is 8. The van der Waals surface area contributed by atoms with Gasteiger partial charge in [-0.3, -0.25) is 9.79 Å². The van der Waals surface area contributed by atoms with Crippen LogP contribution in [0.25, 0.3) is 0 Å². The molecule has 0 aliphatic carbocycles. The first-order chi connectivity index (χ1) is 6.35. The molecule has 0 aromatic heterocycles. The normalized spacial score (nSPS) is 11.3. The second kappa shape index (κ2) is 9.17. The molecule has 0 saturated carbocycles. The second-order valence-electron chi connectivity index (χ2n) is 3.04. The maximum Gasteiger partial charge on any atom is 0.164 e. The number of hydrogen-bond acceptors (Lipinski definition) is 2. The Balaban J connectivity index is 3.54. The van der Waals surface area contributed by atoms with Gasteiger partial charge in [-0.05, 0) is 6.42 Å². The first-order valence-corrected chi connectivity index (χ1v) is 4.94. The zero-order valence-electron chi connectivity index (χ0n) is 8.46. The number of carbonyl (C=O) groups is 1. The van der Waals surface area contributed by atoms with Crippen LogP contribution in [0.1, 0.15) is 39.0 Å². The molecule has 0 bridgehead atoms. The largest absolute Gasteiger partial charge is 0.297 e. The molecule has 0 aliphatic rings. The summed E-state index contributed by atoms with van der Waals surface area (Å²) in [4.78, 5) is 14.6. The minimum Gasteiger partial charge on any atom is -0.297 e. The summed E-state index contributed by atoms with van der Waals surface area (Å²) in [6.07, 6.45) is 7.91. The average molecular weight is 181 g/mol. The summed E-state index contributed by atoms with van der Waals surface area (Å²) in [5.41, 5.74) is 0.617. The topological polar surface area (TPSA) is 29.4 Å². The molecule has 2 nitrogen and oxygen atoms in total. The highest BCUT2D eigenvalue weighted by molar-refractivity contribution is 6.28. The zero-order valence-corrected chi connectivity index (χ0v) is 8.46. The average Bonchev–Trinajstić information content (AvgIpc) is 2.16. The molecular formula is C11H19NO. The molecular weight excluding hydrogens is 162 g/mol. The van der Waals surface area contributed by atoms with Crippen LogP contribution in [-0.2, 0) is 4.79 Å². The van der Waals surface area contributed by atoms with E-state index in [2.05, 4.69) is 18.5 Å². The van der Waals surface area contributed by atoms with Gasteiger partial charge in [-0.25, -0.2) is 0 Å². The summed E-state index contributed by atoms with van der Waals surface area (Å²) >= 11 is 0. The summed E-state index contributed by atoms with van der Waals surface area (Å²) in [6, 6.07) is 0. The number of aldehydes is 1. The Morgan fingerprint density at radius 1 is 1.38 bits per heavy atom. The van der Waals surface area contributed by atoms with Crippen LogP contribution < -0.4 is 0 Å². The summed E-state index contributed by atoms with van der Waals surface area (Å²) in [5, 5.41) is 0. The molecule has 0 amide bonds. The number of allylic oxidation sites excluding steroid dienone is 1. The first kappa shape index (κ1) is 12.1. The Kier molecular flexibility index (Phi) is 8.52. The van der Waals surface area contributed by atoms with E-state index in [9.17, 15) is 4.79 Å². The van der Waals surface area contributed by atoms with Crippen LogP contribution in [0, 0.1) is 0 Å². The molecule has 0 saturated heterocycles. The lowest BCUT2D eigenvalue weighted by Crippen LogP contribution is -1.99. The molecule has 0 rings (SSSR count). The van der Waals surface area contributed by atoms with Crippen molar-refractivity contribution in [2.75, 3.05) is 6.54 Å². The number of nitrogens with zero attached hydrogens (tertiary/aromatic N) is 1. The first-order valence-electron chi connectivity index (χ1n) is 4.94. The lowest BCUT2D eigenvalue weighted by atomic mass is 10.2. The maximum atomic E-state index is 10.4. The third kappa shape index (κ3) is 7.44. The predicted molar refractivity (Wildman–Crippen MR) is 57.3 cm³/mol. The van der Waals surface area contributed by atoms with E-state index in [4.69, 9.17) is 0 Å². The fourth-order valence-electron chi connectivity index (χ4n) is 1.06. The van der Waals surface area contributed by atoms with Gasteiger partial charge in [0, 0.05) is 13.0 Å². The Bertz CT molecular complexity index is 173. The van der Waals surface area contributed by atoms with Gasteiger partial charge >= 0.3 is 0 Å². The van der Waals surface area contributed by atoms with Crippen molar-refractivity contribution >= 4 is 12.0 Å². The van der Waals surface area contributed by atoms with Gasteiger partial charge in [0.15, 0.2) is 6.29 Å². The molecule has 0 radical (unpaired) electrons. The van der Waals surface area contributed by atoms with Gasteiger partial charge < -0.3 is 0 Å². The molecule has 0 N–H and O–H groups in total. The summed E-state index contributed by atoms with van der Waals surface area (Å²) in [7, 11) is 0. The van der Waals surface area contributed by atoms with E-state index in [1.165, 1.54) is 19.3 Å². The van der Waals surface area contributed by atoms with Crippen LogP contribution in [0.4, 0.5) is 0 Å². The minimum absolute atomic E-state index is 0.595. The van der Waals surface area contributed by atoms with E-state index in [1.807, 2.05) is 0 Å². The molecule has 0 heterocycles. The fraction of sp³-hybridized carbons (Fsp3) is 0.636. The molecule has 13 heavy (non-hydrogen) atoms. The van der Waals surface area contributed by atoms with E-state index >= 15 is 0 Å². The summed E-state index contributed by atoms with van der Waals surface area (Å²) in [6.45, 7) is 6.52. The highest BCUT2D eigenvalue weighted by Gasteiger charge is 1.92. The number of carbonyl (C=O) groups excluding carboxylic acids is 1. The predicted octanol–water partition coefficient (Wildman–Crippen LogP) is 2.78. The van der Waals surface area contributed by atoms with Crippen molar-refractivity contribution in [3.8, 4) is 0 Å². The molecule has 2 heteroatoms. The van der Waals surface area contributed by atoms with Crippen molar-refractivity contribution in [1.29, 1.82) is 0 Å². The maximum absolute atomic E-state index is 10.4. The van der Waals surface area contributed by atoms with E-state index in [1.54, 1.807) is 6.08 Å². The minimum atomic E-state index is 0.595. The van der Waals surface area contributed by atoms with E-state index in [0.29, 0.717) is 12.1 Å². The highest BCUT2D eigenvalue weighted by Crippen LogP contribution is 1.99. The van der Waals surface area contributed by atoms with E-state index < -0.39 is 0 Å². The molecule has 0 aliphatic heterocycles. The SMILES string of the molecule is C=CC/C(C=O)=N\CCCCCC. The lowest BCUT2D eigenvalue weighted by molar-refractivity contribution is -0.102. The molecule has 0 unspecified atom stereocenters. The summed E-state index contributed by atoms with van der Waals surface area (Å²) in [5.74, 6) is 0.